The second-order valence-electron chi connectivity index (χ2n) is 8.59. The van der Waals surface area contributed by atoms with Crippen LogP contribution in [0.25, 0.3) is 0 Å². The van der Waals surface area contributed by atoms with E-state index < -0.39 is 40.4 Å². The summed E-state index contributed by atoms with van der Waals surface area (Å²) >= 11 is 1.99. The number of carbonyl (C=O) groups excluding carboxylic acids is 3. The number of carbonyl (C=O) groups is 4. The third-order valence-corrected chi connectivity index (χ3v) is 8.29. The van der Waals surface area contributed by atoms with Gasteiger partial charge in [0.05, 0.1) is 5.75 Å². The van der Waals surface area contributed by atoms with Gasteiger partial charge in [0.25, 0.3) is 5.91 Å². The maximum absolute atomic E-state index is 13.3. The lowest BCUT2D eigenvalue weighted by atomic mass is 10.1. The molecule has 0 aromatic heterocycles. The minimum absolute atomic E-state index is 0.0379. The molecule has 1 heterocycles. The van der Waals surface area contributed by atoms with Crippen molar-refractivity contribution < 1.29 is 29.4 Å². The van der Waals surface area contributed by atoms with Gasteiger partial charge in [0, 0.05) is 23.3 Å². The fraction of sp³-hybridized carbons (Fsp3) is 0.214. The normalized spacial score (nSPS) is 17.5. The van der Waals surface area contributed by atoms with Crippen molar-refractivity contribution in [1.82, 2.24) is 10.2 Å². The van der Waals surface area contributed by atoms with E-state index in [1.807, 2.05) is 30.3 Å². The third kappa shape index (κ3) is 6.56. The molecule has 3 aromatic carbocycles. The van der Waals surface area contributed by atoms with Gasteiger partial charge in [-0.15, -0.1) is 11.8 Å². The summed E-state index contributed by atoms with van der Waals surface area (Å²) in [7, 11) is 0. The Hall–Kier alpha value is -3.76. The Labute approximate surface area is 228 Å². The molecular weight excluding hydrogens is 524 g/mol. The van der Waals surface area contributed by atoms with Crippen LogP contribution in [0.1, 0.15) is 26.9 Å². The van der Waals surface area contributed by atoms with Gasteiger partial charge in [-0.2, -0.15) is 0 Å². The molecule has 3 aromatic rings. The number of nitrogens with zero attached hydrogens (tertiary/aromatic N) is 1. The molecule has 3 N–H and O–H groups in total. The van der Waals surface area contributed by atoms with Gasteiger partial charge in [-0.05, 0) is 23.8 Å². The molecule has 0 spiro atoms. The predicted molar refractivity (Wildman–Crippen MR) is 147 cm³/mol. The smallest absolute Gasteiger partial charge is 0.327 e. The van der Waals surface area contributed by atoms with Crippen LogP contribution in [-0.2, 0) is 20.8 Å². The van der Waals surface area contributed by atoms with Crippen LogP contribution < -0.4 is 5.32 Å². The van der Waals surface area contributed by atoms with E-state index in [1.165, 1.54) is 22.7 Å². The average Bonchev–Trinajstić information content (AvgIpc) is 3.38. The van der Waals surface area contributed by atoms with E-state index in [-0.39, 0.29) is 23.7 Å². The zero-order chi connectivity index (χ0) is 27.1. The van der Waals surface area contributed by atoms with E-state index in [1.54, 1.807) is 48.5 Å². The monoisotopic (exact) mass is 550 g/mol. The summed E-state index contributed by atoms with van der Waals surface area (Å²) in [5.74, 6) is -2.29. The van der Waals surface area contributed by atoms with Gasteiger partial charge in [-0.1, -0.05) is 78.5 Å². The minimum Gasteiger partial charge on any atom is -0.508 e. The lowest BCUT2D eigenvalue weighted by Crippen LogP contribution is -2.45. The number of phenolic OH excluding ortho intramolecular Hbond substituents is 1. The number of carboxylic acids is 1. The Bertz CT molecular complexity index is 1300. The molecule has 1 aliphatic heterocycles. The first kappa shape index (κ1) is 27.3. The fourth-order valence-electron chi connectivity index (χ4n) is 4.12. The largest absolute Gasteiger partial charge is 0.508 e. The number of para-hydroxylation sites is 1. The number of aliphatic carboxylic acids is 1. The van der Waals surface area contributed by atoms with Gasteiger partial charge >= 0.3 is 5.97 Å². The van der Waals surface area contributed by atoms with E-state index in [4.69, 9.17) is 0 Å². The molecule has 8 nitrogen and oxygen atoms in total. The first-order chi connectivity index (χ1) is 18.3. The third-order valence-electron chi connectivity index (χ3n) is 6.02. The second kappa shape index (κ2) is 12.7. The number of phenols is 1. The Balaban J connectivity index is 1.49. The molecule has 38 heavy (non-hydrogen) atoms. The van der Waals surface area contributed by atoms with Crippen LogP contribution in [0.3, 0.4) is 0 Å². The van der Waals surface area contributed by atoms with E-state index in [0.29, 0.717) is 11.1 Å². The van der Waals surface area contributed by atoms with E-state index in [9.17, 15) is 29.4 Å². The van der Waals surface area contributed by atoms with Gasteiger partial charge in [0.1, 0.15) is 23.2 Å². The van der Waals surface area contributed by atoms with Gasteiger partial charge in [-0.3, -0.25) is 14.4 Å². The number of hydrogen-bond donors (Lipinski definition) is 3. The SMILES string of the molecule is O=C(N[C@@H](Cc1ccccc1)C(=O)SCC(=O)N1[C@@H](c2ccccc2O)SC[C@H]1C(=O)O)c1ccccc1. The van der Waals surface area contributed by atoms with Crippen molar-refractivity contribution in [2.24, 2.45) is 0 Å². The van der Waals surface area contributed by atoms with Crippen molar-refractivity contribution in [2.75, 3.05) is 11.5 Å². The van der Waals surface area contributed by atoms with Crippen LogP contribution >= 0.6 is 23.5 Å². The van der Waals surface area contributed by atoms with Crippen LogP contribution in [0.15, 0.2) is 84.9 Å². The summed E-state index contributed by atoms with van der Waals surface area (Å²) in [4.78, 5) is 52.5. The maximum Gasteiger partial charge on any atom is 0.327 e. The molecule has 4 rings (SSSR count). The molecule has 3 atom stereocenters. The molecule has 1 aliphatic rings. The minimum atomic E-state index is -1.16. The van der Waals surface area contributed by atoms with Crippen LogP contribution in [-0.4, -0.2) is 61.6 Å². The van der Waals surface area contributed by atoms with E-state index in [2.05, 4.69) is 5.32 Å². The standard InChI is InChI=1S/C28H26N2O6S2/c31-23-14-8-7-13-20(23)26-30(22(16-37-26)27(34)35)24(32)17-38-28(36)21(15-18-9-3-1-4-10-18)29-25(33)19-11-5-2-6-12-19/h1-14,21-22,26,31H,15-17H2,(H,29,33)(H,34,35)/t21-,22-,26+/m0/s1. The molecule has 0 saturated carbocycles. The van der Waals surface area contributed by atoms with Crippen molar-refractivity contribution in [3.63, 3.8) is 0 Å². The Kier molecular flexibility index (Phi) is 9.09. The number of aromatic hydroxyl groups is 1. The quantitative estimate of drug-likeness (QED) is 0.368. The van der Waals surface area contributed by atoms with E-state index in [0.717, 1.165) is 17.3 Å². The zero-order valence-corrected chi connectivity index (χ0v) is 21.9. The van der Waals surface area contributed by atoms with Crippen molar-refractivity contribution in [3.05, 3.63) is 102 Å². The zero-order valence-electron chi connectivity index (χ0n) is 20.2. The number of nitrogens with one attached hydrogen (secondary N) is 1. The molecule has 0 aliphatic carbocycles. The van der Waals surface area contributed by atoms with Crippen molar-refractivity contribution in [2.45, 2.75) is 23.9 Å². The Morgan fingerprint density at radius 3 is 2.24 bits per heavy atom. The summed E-state index contributed by atoms with van der Waals surface area (Å²) in [6.45, 7) is 0. The van der Waals surface area contributed by atoms with Gasteiger partial charge in [0.2, 0.25) is 11.0 Å². The number of rotatable bonds is 9. The summed E-state index contributed by atoms with van der Waals surface area (Å²) in [5.41, 5.74) is 1.68. The van der Waals surface area contributed by atoms with Crippen LogP contribution in [0.2, 0.25) is 0 Å². The van der Waals surface area contributed by atoms with Gasteiger partial charge in [-0.25, -0.2) is 4.79 Å². The lowest BCUT2D eigenvalue weighted by Gasteiger charge is -2.28. The molecule has 0 bridgehead atoms. The number of thioether (sulfide) groups is 2. The molecular formula is C28H26N2O6S2. The van der Waals surface area contributed by atoms with Crippen LogP contribution in [0.5, 0.6) is 5.75 Å². The summed E-state index contributed by atoms with van der Waals surface area (Å²) in [5, 5.41) is 21.7. The Morgan fingerprint density at radius 2 is 1.58 bits per heavy atom. The summed E-state index contributed by atoms with van der Waals surface area (Å²) in [6, 6.07) is 22.2. The second-order valence-corrected chi connectivity index (χ2v) is 10.7. The first-order valence-corrected chi connectivity index (χ1v) is 13.9. The number of hydrogen-bond acceptors (Lipinski definition) is 7. The molecule has 10 heteroatoms. The van der Waals surface area contributed by atoms with Crippen LogP contribution in [0.4, 0.5) is 0 Å². The average molecular weight is 551 g/mol. The summed E-state index contributed by atoms with van der Waals surface area (Å²) in [6.07, 6.45) is 0.233. The topological polar surface area (TPSA) is 124 Å². The molecule has 0 unspecified atom stereocenters. The molecule has 1 fully saturated rings. The van der Waals surface area contributed by atoms with Gasteiger partial charge in [0.15, 0.2) is 0 Å². The number of amides is 2. The van der Waals surface area contributed by atoms with Gasteiger partial charge < -0.3 is 20.4 Å². The van der Waals surface area contributed by atoms with Crippen molar-refractivity contribution >= 4 is 46.4 Å². The first-order valence-electron chi connectivity index (χ1n) is 11.8. The fourth-order valence-corrected chi connectivity index (χ4v) is 6.35. The van der Waals surface area contributed by atoms with E-state index >= 15 is 0 Å². The maximum atomic E-state index is 13.3. The highest BCUT2D eigenvalue weighted by atomic mass is 32.2. The van der Waals surface area contributed by atoms with Crippen molar-refractivity contribution in [3.8, 4) is 5.75 Å². The predicted octanol–water partition coefficient (Wildman–Crippen LogP) is 3.72. The molecule has 196 valence electrons. The Morgan fingerprint density at radius 1 is 0.947 bits per heavy atom. The molecule has 0 radical (unpaired) electrons. The summed E-state index contributed by atoms with van der Waals surface area (Å²) < 4.78 is 0. The number of carboxylic acid groups (broad SMARTS) is 1. The van der Waals surface area contributed by atoms with Crippen LogP contribution in [0, 0.1) is 0 Å². The lowest BCUT2D eigenvalue weighted by molar-refractivity contribution is -0.148. The highest BCUT2D eigenvalue weighted by Crippen LogP contribution is 2.44. The number of benzene rings is 3. The molecule has 1 saturated heterocycles. The highest BCUT2D eigenvalue weighted by molar-refractivity contribution is 8.14. The van der Waals surface area contributed by atoms with Crippen molar-refractivity contribution in [1.29, 1.82) is 0 Å². The molecule has 2 amide bonds. The highest BCUT2D eigenvalue weighted by Gasteiger charge is 2.43.